The number of nitrogens with one attached hydrogen (secondary N) is 1. The molecule has 1 atom stereocenters. The molecule has 0 aliphatic carbocycles. The summed E-state index contributed by atoms with van der Waals surface area (Å²) in [5, 5.41) is 3.57. The van der Waals surface area contributed by atoms with Crippen molar-refractivity contribution in [3.8, 4) is 0 Å². The monoisotopic (exact) mass is 298 g/mol. The van der Waals surface area contributed by atoms with Crippen molar-refractivity contribution in [3.05, 3.63) is 17.4 Å². The molecule has 1 fully saturated rings. The molecule has 1 aliphatic heterocycles. The molecule has 0 aromatic carbocycles. The third-order valence-electron chi connectivity index (χ3n) is 2.79. The minimum absolute atomic E-state index is 0.112. The Morgan fingerprint density at radius 3 is 2.95 bits per heavy atom. The predicted molar refractivity (Wildman–Crippen MR) is 76.9 cm³/mol. The molecule has 1 unspecified atom stereocenters. The number of carbonyl (C=O) groups excluding carboxylic acids is 1. The average Bonchev–Trinajstić information content (AvgIpc) is 2.75. The van der Waals surface area contributed by atoms with E-state index in [-0.39, 0.29) is 12.1 Å². The van der Waals surface area contributed by atoms with Gasteiger partial charge in [-0.05, 0) is 33.3 Å². The van der Waals surface area contributed by atoms with Crippen molar-refractivity contribution in [2.75, 3.05) is 18.4 Å². The van der Waals surface area contributed by atoms with Gasteiger partial charge in [-0.2, -0.15) is 0 Å². The molecule has 0 bridgehead atoms. The number of ether oxygens (including phenoxy) is 1. The molecule has 7 heteroatoms. The van der Waals surface area contributed by atoms with Crippen LogP contribution in [0.5, 0.6) is 0 Å². The first-order valence-electron chi connectivity index (χ1n) is 6.56. The molecule has 0 spiro atoms. The van der Waals surface area contributed by atoms with Crippen molar-refractivity contribution >= 4 is 23.6 Å². The fraction of sp³-hybridized carbons (Fsp3) is 0.615. The van der Waals surface area contributed by atoms with Crippen LogP contribution >= 0.6 is 11.6 Å². The van der Waals surface area contributed by atoms with Crippen LogP contribution in [0, 0.1) is 0 Å². The molecule has 110 valence electrons. The van der Waals surface area contributed by atoms with E-state index in [2.05, 4.69) is 15.3 Å². The Hall–Kier alpha value is -1.56. The van der Waals surface area contributed by atoms with Gasteiger partial charge in [-0.15, -0.1) is 0 Å². The maximum absolute atomic E-state index is 11.9. The van der Waals surface area contributed by atoms with E-state index in [9.17, 15) is 4.79 Å². The summed E-state index contributed by atoms with van der Waals surface area (Å²) in [5.74, 6) is 0.480. The quantitative estimate of drug-likeness (QED) is 0.850. The molecule has 1 aliphatic rings. The second kappa shape index (κ2) is 5.83. The number of anilines is 1. The van der Waals surface area contributed by atoms with E-state index in [0.29, 0.717) is 24.2 Å². The van der Waals surface area contributed by atoms with Gasteiger partial charge in [0.2, 0.25) is 5.95 Å². The molecule has 1 saturated heterocycles. The van der Waals surface area contributed by atoms with E-state index in [4.69, 9.17) is 16.3 Å². The second-order valence-electron chi connectivity index (χ2n) is 5.76. The normalized spacial score (nSPS) is 19.0. The largest absolute Gasteiger partial charge is 0.444 e. The number of hydrogen-bond donors (Lipinski definition) is 1. The molecule has 1 aromatic rings. The predicted octanol–water partition coefficient (Wildman–Crippen LogP) is 2.55. The van der Waals surface area contributed by atoms with Crippen LogP contribution in [-0.2, 0) is 4.74 Å². The Bertz CT molecular complexity index is 490. The van der Waals surface area contributed by atoms with Crippen LogP contribution < -0.4 is 5.32 Å². The van der Waals surface area contributed by atoms with Gasteiger partial charge >= 0.3 is 6.09 Å². The summed E-state index contributed by atoms with van der Waals surface area (Å²) in [4.78, 5) is 21.8. The Morgan fingerprint density at radius 2 is 2.30 bits per heavy atom. The summed E-state index contributed by atoms with van der Waals surface area (Å²) in [6, 6.07) is 1.73. The van der Waals surface area contributed by atoms with Crippen LogP contribution in [0.4, 0.5) is 10.7 Å². The molecule has 0 saturated carbocycles. The highest BCUT2D eigenvalue weighted by Crippen LogP contribution is 2.17. The van der Waals surface area contributed by atoms with Gasteiger partial charge in [-0.3, -0.25) is 0 Å². The summed E-state index contributed by atoms with van der Waals surface area (Å²) < 4.78 is 5.35. The van der Waals surface area contributed by atoms with Crippen molar-refractivity contribution < 1.29 is 9.53 Å². The summed E-state index contributed by atoms with van der Waals surface area (Å²) >= 11 is 5.81. The minimum Gasteiger partial charge on any atom is -0.444 e. The van der Waals surface area contributed by atoms with Gasteiger partial charge in [0.05, 0.1) is 0 Å². The van der Waals surface area contributed by atoms with E-state index >= 15 is 0 Å². The van der Waals surface area contributed by atoms with Gasteiger partial charge in [-0.1, -0.05) is 11.6 Å². The average molecular weight is 299 g/mol. The van der Waals surface area contributed by atoms with Crippen LogP contribution in [0.3, 0.4) is 0 Å². The van der Waals surface area contributed by atoms with Gasteiger partial charge in [0.25, 0.3) is 0 Å². The van der Waals surface area contributed by atoms with E-state index in [0.717, 1.165) is 6.42 Å². The van der Waals surface area contributed by atoms with Crippen LogP contribution in [0.1, 0.15) is 27.2 Å². The Kier molecular flexibility index (Phi) is 4.32. The van der Waals surface area contributed by atoms with Crippen molar-refractivity contribution in [2.45, 2.75) is 38.8 Å². The SMILES string of the molecule is CC(C)(C)OC(=O)N1CCC(Nc2nccc(Cl)n2)C1. The molecule has 6 nitrogen and oxygen atoms in total. The van der Waals surface area contributed by atoms with Gasteiger partial charge in [0.1, 0.15) is 10.8 Å². The highest BCUT2D eigenvalue weighted by Gasteiger charge is 2.30. The van der Waals surface area contributed by atoms with E-state index in [1.807, 2.05) is 20.8 Å². The summed E-state index contributed by atoms with van der Waals surface area (Å²) in [7, 11) is 0. The highest BCUT2D eigenvalue weighted by molar-refractivity contribution is 6.29. The maximum atomic E-state index is 11.9. The topological polar surface area (TPSA) is 67.3 Å². The van der Waals surface area contributed by atoms with Crippen molar-refractivity contribution in [1.82, 2.24) is 14.9 Å². The molecular formula is C13H19ClN4O2. The van der Waals surface area contributed by atoms with Gasteiger partial charge < -0.3 is 15.0 Å². The first kappa shape index (κ1) is 14.8. The summed E-state index contributed by atoms with van der Waals surface area (Å²) in [5.41, 5.74) is -0.474. The lowest BCUT2D eigenvalue weighted by Crippen LogP contribution is -2.36. The zero-order valence-electron chi connectivity index (χ0n) is 11.9. The van der Waals surface area contributed by atoms with Gasteiger partial charge in [-0.25, -0.2) is 14.8 Å². The van der Waals surface area contributed by atoms with E-state index in [1.165, 1.54) is 0 Å². The smallest absolute Gasteiger partial charge is 0.410 e. The van der Waals surface area contributed by atoms with Gasteiger partial charge in [0, 0.05) is 25.3 Å². The highest BCUT2D eigenvalue weighted by atomic mass is 35.5. The van der Waals surface area contributed by atoms with E-state index < -0.39 is 5.60 Å². The van der Waals surface area contributed by atoms with E-state index in [1.54, 1.807) is 17.2 Å². The Labute approximate surface area is 123 Å². The van der Waals surface area contributed by atoms with Crippen LogP contribution in [0.2, 0.25) is 5.15 Å². The van der Waals surface area contributed by atoms with Crippen molar-refractivity contribution in [1.29, 1.82) is 0 Å². The van der Waals surface area contributed by atoms with Crippen molar-refractivity contribution in [2.24, 2.45) is 0 Å². The number of carbonyl (C=O) groups is 1. The number of hydrogen-bond acceptors (Lipinski definition) is 5. The number of halogens is 1. The molecule has 20 heavy (non-hydrogen) atoms. The third kappa shape index (κ3) is 4.23. The Morgan fingerprint density at radius 1 is 1.55 bits per heavy atom. The molecule has 1 N–H and O–H groups in total. The fourth-order valence-electron chi connectivity index (χ4n) is 1.96. The van der Waals surface area contributed by atoms with Gasteiger partial charge in [0.15, 0.2) is 0 Å². The number of likely N-dealkylation sites (tertiary alicyclic amines) is 1. The Balaban J connectivity index is 1.88. The zero-order chi connectivity index (χ0) is 14.8. The van der Waals surface area contributed by atoms with Crippen molar-refractivity contribution in [3.63, 3.8) is 0 Å². The molecule has 2 heterocycles. The van der Waals surface area contributed by atoms with Crippen LogP contribution in [0.25, 0.3) is 0 Å². The second-order valence-corrected chi connectivity index (χ2v) is 6.15. The number of aromatic nitrogens is 2. The molecule has 2 rings (SSSR count). The maximum Gasteiger partial charge on any atom is 0.410 e. The summed E-state index contributed by atoms with van der Waals surface area (Å²) in [6.45, 7) is 6.81. The number of amides is 1. The number of nitrogens with zero attached hydrogens (tertiary/aromatic N) is 3. The first-order chi connectivity index (χ1) is 9.33. The molecule has 1 aromatic heterocycles. The number of rotatable bonds is 2. The van der Waals surface area contributed by atoms with Crippen LogP contribution in [-0.4, -0.2) is 45.7 Å². The standard InChI is InChI=1S/C13H19ClN4O2/c1-13(2,3)20-12(19)18-7-5-9(8-18)16-11-15-6-4-10(14)17-11/h4,6,9H,5,7-8H2,1-3H3,(H,15,16,17). The minimum atomic E-state index is -0.474. The molecular weight excluding hydrogens is 280 g/mol. The third-order valence-corrected chi connectivity index (χ3v) is 3.01. The zero-order valence-corrected chi connectivity index (χ0v) is 12.6. The molecule has 1 amide bonds. The lowest BCUT2D eigenvalue weighted by molar-refractivity contribution is 0.0293. The lowest BCUT2D eigenvalue weighted by atomic mass is 10.2. The first-order valence-corrected chi connectivity index (χ1v) is 6.94. The molecule has 0 radical (unpaired) electrons. The lowest BCUT2D eigenvalue weighted by Gasteiger charge is -2.24. The fourth-order valence-corrected chi connectivity index (χ4v) is 2.10. The summed E-state index contributed by atoms with van der Waals surface area (Å²) in [6.07, 6.45) is 2.14. The van der Waals surface area contributed by atoms with Crippen LogP contribution in [0.15, 0.2) is 12.3 Å².